The number of benzene rings is 1. The van der Waals surface area contributed by atoms with Crippen molar-refractivity contribution >= 4 is 23.2 Å². The van der Waals surface area contributed by atoms with Crippen molar-refractivity contribution in [1.29, 1.82) is 0 Å². The van der Waals surface area contributed by atoms with Crippen molar-refractivity contribution in [3.8, 4) is 0 Å². The summed E-state index contributed by atoms with van der Waals surface area (Å²) in [6, 6.07) is 7.82. The monoisotopic (exact) mass is 319 g/mol. The lowest BCUT2D eigenvalue weighted by atomic mass is 10.1. The number of aryl methyl sites for hydroxylation is 2. The van der Waals surface area contributed by atoms with Gasteiger partial charge in [-0.25, -0.2) is 0 Å². The zero-order valence-electron chi connectivity index (χ0n) is 13.5. The molecule has 1 heterocycles. The molecule has 2 aromatic rings. The Morgan fingerprint density at radius 1 is 1.32 bits per heavy atom. The van der Waals surface area contributed by atoms with E-state index in [-0.39, 0.29) is 5.91 Å². The highest BCUT2D eigenvalue weighted by Crippen LogP contribution is 2.22. The molecule has 1 N–H and O–H groups in total. The first-order chi connectivity index (χ1) is 10.4. The molecule has 0 aliphatic carbocycles. The van der Waals surface area contributed by atoms with Crippen LogP contribution in [0, 0.1) is 12.8 Å². The fourth-order valence-corrected chi connectivity index (χ4v) is 2.62. The Balaban J connectivity index is 2.20. The first kappa shape index (κ1) is 16.6. The fourth-order valence-electron chi connectivity index (χ4n) is 2.30. The molecule has 1 aromatic carbocycles. The Hall–Kier alpha value is -1.81. The van der Waals surface area contributed by atoms with Crippen LogP contribution in [0.4, 0.5) is 5.69 Å². The molecular weight excluding hydrogens is 298 g/mol. The van der Waals surface area contributed by atoms with E-state index in [4.69, 9.17) is 11.6 Å². The van der Waals surface area contributed by atoms with Gasteiger partial charge in [-0.1, -0.05) is 44.5 Å². The highest BCUT2D eigenvalue weighted by Gasteiger charge is 2.20. The molecule has 22 heavy (non-hydrogen) atoms. The number of aromatic nitrogens is 2. The van der Waals surface area contributed by atoms with Crippen LogP contribution in [-0.2, 0) is 13.0 Å². The summed E-state index contributed by atoms with van der Waals surface area (Å²) in [5, 5.41) is 7.64. The van der Waals surface area contributed by atoms with Crippen LogP contribution in [0.2, 0.25) is 5.15 Å². The topological polar surface area (TPSA) is 46.9 Å². The predicted octanol–water partition coefficient (Wildman–Crippen LogP) is 4.32. The summed E-state index contributed by atoms with van der Waals surface area (Å²) in [4.78, 5) is 12.5. The number of carbonyl (C=O) groups is 1. The van der Waals surface area contributed by atoms with Crippen LogP contribution in [0.25, 0.3) is 0 Å². The van der Waals surface area contributed by atoms with Gasteiger partial charge in [0.25, 0.3) is 5.91 Å². The molecule has 0 radical (unpaired) electrons. The Bertz CT molecular complexity index is 659. The first-order valence-electron chi connectivity index (χ1n) is 7.55. The van der Waals surface area contributed by atoms with E-state index in [1.165, 1.54) is 5.56 Å². The van der Waals surface area contributed by atoms with Gasteiger partial charge in [0.1, 0.15) is 5.15 Å². The highest BCUT2D eigenvalue weighted by atomic mass is 35.5. The number of carbonyl (C=O) groups excluding carboxylic acids is 1. The lowest BCUT2D eigenvalue weighted by molar-refractivity contribution is 0.102. The number of anilines is 1. The molecule has 5 heteroatoms. The Morgan fingerprint density at radius 2 is 1.95 bits per heavy atom. The molecule has 0 aliphatic rings. The molecule has 0 saturated heterocycles. The van der Waals surface area contributed by atoms with Gasteiger partial charge in [-0.05, 0) is 37.0 Å². The van der Waals surface area contributed by atoms with Gasteiger partial charge in [-0.15, -0.1) is 0 Å². The summed E-state index contributed by atoms with van der Waals surface area (Å²) in [6.45, 7) is 8.76. The number of halogens is 1. The number of rotatable bonds is 5. The summed E-state index contributed by atoms with van der Waals surface area (Å²) in [7, 11) is 0. The van der Waals surface area contributed by atoms with Gasteiger partial charge in [-0.2, -0.15) is 5.10 Å². The lowest BCUT2D eigenvalue weighted by Gasteiger charge is -2.07. The number of hydrogen-bond donors (Lipinski definition) is 1. The van der Waals surface area contributed by atoms with E-state index >= 15 is 0 Å². The SMILES string of the molecule is CCc1ccc(NC(=O)c2c(C)nn(CC(C)C)c2Cl)cc1. The molecule has 0 aliphatic heterocycles. The molecule has 4 nitrogen and oxygen atoms in total. The average Bonchev–Trinajstić information content (AvgIpc) is 2.73. The number of amides is 1. The Morgan fingerprint density at radius 3 is 2.50 bits per heavy atom. The second kappa shape index (κ2) is 6.97. The van der Waals surface area contributed by atoms with Crippen LogP contribution in [0.1, 0.15) is 42.4 Å². The zero-order valence-corrected chi connectivity index (χ0v) is 14.2. The third kappa shape index (κ3) is 3.69. The van der Waals surface area contributed by atoms with Crippen LogP contribution in [-0.4, -0.2) is 15.7 Å². The van der Waals surface area contributed by atoms with Crippen molar-refractivity contribution in [3.05, 3.63) is 46.2 Å². The maximum Gasteiger partial charge on any atom is 0.260 e. The molecule has 0 saturated carbocycles. The van der Waals surface area contributed by atoms with Gasteiger partial charge in [0.15, 0.2) is 0 Å². The summed E-state index contributed by atoms with van der Waals surface area (Å²) in [5.74, 6) is 0.191. The summed E-state index contributed by atoms with van der Waals surface area (Å²) in [6.07, 6.45) is 0.973. The normalized spacial score (nSPS) is 11.0. The fraction of sp³-hybridized carbons (Fsp3) is 0.412. The van der Waals surface area contributed by atoms with Crippen molar-refractivity contribution in [2.24, 2.45) is 5.92 Å². The van der Waals surface area contributed by atoms with Gasteiger partial charge in [0, 0.05) is 12.2 Å². The molecule has 1 amide bonds. The smallest absolute Gasteiger partial charge is 0.260 e. The van der Waals surface area contributed by atoms with E-state index in [2.05, 4.69) is 31.2 Å². The zero-order chi connectivity index (χ0) is 16.3. The second-order valence-corrected chi connectivity index (χ2v) is 6.19. The minimum absolute atomic E-state index is 0.221. The van der Waals surface area contributed by atoms with Gasteiger partial charge >= 0.3 is 0 Å². The maximum absolute atomic E-state index is 12.5. The van der Waals surface area contributed by atoms with E-state index in [0.717, 1.165) is 12.1 Å². The molecule has 0 atom stereocenters. The molecule has 0 bridgehead atoms. The Kier molecular flexibility index (Phi) is 5.24. The van der Waals surface area contributed by atoms with Gasteiger partial charge in [-0.3, -0.25) is 9.48 Å². The summed E-state index contributed by atoms with van der Waals surface area (Å²) in [5.41, 5.74) is 3.08. The number of nitrogens with one attached hydrogen (secondary N) is 1. The molecule has 1 aromatic heterocycles. The van der Waals surface area contributed by atoms with Gasteiger partial charge < -0.3 is 5.32 Å². The highest BCUT2D eigenvalue weighted by molar-refractivity contribution is 6.33. The maximum atomic E-state index is 12.5. The summed E-state index contributed by atoms with van der Waals surface area (Å²) < 4.78 is 1.69. The molecule has 0 fully saturated rings. The van der Waals surface area contributed by atoms with Crippen molar-refractivity contribution in [2.75, 3.05) is 5.32 Å². The van der Waals surface area contributed by atoms with Crippen molar-refractivity contribution in [2.45, 2.75) is 40.7 Å². The summed E-state index contributed by atoms with van der Waals surface area (Å²) >= 11 is 6.32. The number of nitrogens with zero attached hydrogens (tertiary/aromatic N) is 2. The minimum Gasteiger partial charge on any atom is -0.322 e. The van der Waals surface area contributed by atoms with Crippen molar-refractivity contribution < 1.29 is 4.79 Å². The molecule has 2 rings (SSSR count). The first-order valence-corrected chi connectivity index (χ1v) is 7.93. The minimum atomic E-state index is -0.221. The van der Waals surface area contributed by atoms with Crippen LogP contribution < -0.4 is 5.32 Å². The molecule has 118 valence electrons. The third-order valence-electron chi connectivity index (χ3n) is 3.45. The lowest BCUT2D eigenvalue weighted by Crippen LogP contribution is -2.13. The van der Waals surface area contributed by atoms with Crippen LogP contribution >= 0.6 is 11.6 Å². The van der Waals surface area contributed by atoms with Crippen molar-refractivity contribution in [1.82, 2.24) is 9.78 Å². The standard InChI is InChI=1S/C17H22ClN3O/c1-5-13-6-8-14(9-7-13)19-17(22)15-12(4)20-21(16(15)18)10-11(2)3/h6-9,11H,5,10H2,1-4H3,(H,19,22). The second-order valence-electron chi connectivity index (χ2n) is 5.83. The molecular formula is C17H22ClN3O. The van der Waals surface area contributed by atoms with Crippen molar-refractivity contribution in [3.63, 3.8) is 0 Å². The quantitative estimate of drug-likeness (QED) is 0.892. The largest absolute Gasteiger partial charge is 0.322 e. The van der Waals surface area contributed by atoms with E-state index in [0.29, 0.717) is 28.9 Å². The van der Waals surface area contributed by atoms with Crippen LogP contribution in [0.15, 0.2) is 24.3 Å². The van der Waals surface area contributed by atoms with E-state index < -0.39 is 0 Å². The van der Waals surface area contributed by atoms with Gasteiger partial charge in [0.2, 0.25) is 0 Å². The van der Waals surface area contributed by atoms with E-state index in [9.17, 15) is 4.79 Å². The molecule has 0 unspecified atom stereocenters. The molecule has 0 spiro atoms. The average molecular weight is 320 g/mol. The van der Waals surface area contributed by atoms with Gasteiger partial charge in [0.05, 0.1) is 11.3 Å². The third-order valence-corrected chi connectivity index (χ3v) is 3.83. The predicted molar refractivity (Wildman–Crippen MR) is 90.6 cm³/mol. The van der Waals surface area contributed by atoms with Crippen LogP contribution in [0.5, 0.6) is 0 Å². The van der Waals surface area contributed by atoms with E-state index in [1.807, 2.05) is 24.3 Å². The van der Waals surface area contributed by atoms with Crippen LogP contribution in [0.3, 0.4) is 0 Å². The number of hydrogen-bond acceptors (Lipinski definition) is 2. The Labute approximate surface area is 136 Å². The van der Waals surface area contributed by atoms with E-state index in [1.54, 1.807) is 11.6 Å².